The van der Waals surface area contributed by atoms with Gasteiger partial charge in [-0.2, -0.15) is 0 Å². The number of para-hydroxylation sites is 2. The Morgan fingerprint density at radius 1 is 0.515 bits per heavy atom. The molecule has 1 radical (unpaired) electrons. The average Bonchev–Trinajstić information content (AvgIpc) is 4.04. The molecule has 0 spiro atoms. The molecular formula is C60H50BN2O2S. The first-order valence-electron chi connectivity index (χ1n) is 23.2. The van der Waals surface area contributed by atoms with Gasteiger partial charge in [0.05, 0.1) is 16.4 Å². The number of nitrogens with zero attached hydrogens (tertiary/aromatic N) is 1. The van der Waals surface area contributed by atoms with E-state index in [9.17, 15) is 0 Å². The van der Waals surface area contributed by atoms with Gasteiger partial charge in [0.2, 0.25) is 0 Å². The lowest BCUT2D eigenvalue weighted by molar-refractivity contribution is 0.590. The number of hydrogen-bond acceptors (Lipinski definition) is 4. The normalized spacial score (nSPS) is 13.3. The minimum Gasteiger partial charge on any atom is -0.456 e. The van der Waals surface area contributed by atoms with Crippen LogP contribution in [0.3, 0.4) is 0 Å². The average molecular weight is 874 g/mol. The highest BCUT2D eigenvalue weighted by Gasteiger charge is 2.33. The molecule has 1 N–H and O–H groups in total. The second kappa shape index (κ2) is 13.4. The molecular weight excluding hydrogens is 824 g/mol. The van der Waals surface area contributed by atoms with E-state index in [1.54, 1.807) is 0 Å². The Hall–Kier alpha value is -6.76. The molecule has 1 aliphatic heterocycles. The number of rotatable bonds is 3. The first-order valence-corrected chi connectivity index (χ1v) is 24.1. The molecule has 8 aromatic carbocycles. The first-order chi connectivity index (χ1) is 31.6. The molecule has 0 bridgehead atoms. The second-order valence-electron chi connectivity index (χ2n) is 21.7. The maximum absolute atomic E-state index is 7.23. The lowest BCUT2D eigenvalue weighted by atomic mass is 9.58. The van der Waals surface area contributed by atoms with Crippen LogP contribution in [-0.4, -0.2) is 11.8 Å². The Bertz CT molecular complexity index is 4040. The van der Waals surface area contributed by atoms with Crippen molar-refractivity contribution >= 4 is 127 Å². The standard InChI is InChI=1S/C60H50BN2O2S/c1-58(2,3)32-18-22-35(23-19-32)62-44-31-51-40(37-24-20-34(60(7,8)9)27-50(37)66-51)28-41(44)52-53-38-15-11-13-17-48(38)65-57(53)54-42-26-33(59(4,5)6)21-25-45(42)63-46-29-39-36-14-10-12-16-47(36)64-49(39)30-43(46)61-55(52)56(54)63/h10-31,62H,1-9H3. The summed E-state index contributed by atoms with van der Waals surface area (Å²) >= 11 is 1.88. The van der Waals surface area contributed by atoms with Gasteiger partial charge in [0.25, 0.3) is 0 Å². The van der Waals surface area contributed by atoms with Gasteiger partial charge >= 0.3 is 0 Å². The van der Waals surface area contributed by atoms with Gasteiger partial charge in [-0.3, -0.25) is 0 Å². The zero-order valence-corrected chi connectivity index (χ0v) is 39.8. The predicted molar refractivity (Wildman–Crippen MR) is 285 cm³/mol. The maximum atomic E-state index is 7.23. The lowest BCUT2D eigenvalue weighted by Crippen LogP contribution is -2.37. The van der Waals surface area contributed by atoms with Gasteiger partial charge in [0.1, 0.15) is 22.3 Å². The van der Waals surface area contributed by atoms with E-state index >= 15 is 0 Å². The van der Waals surface area contributed by atoms with Crippen LogP contribution in [0.1, 0.15) is 79.0 Å². The Labute approximate surface area is 389 Å². The molecule has 0 unspecified atom stereocenters. The number of aromatic nitrogens is 1. The minimum absolute atomic E-state index is 0.0413. The van der Waals surface area contributed by atoms with E-state index in [1.807, 2.05) is 11.3 Å². The third kappa shape index (κ3) is 5.76. The van der Waals surface area contributed by atoms with E-state index in [1.165, 1.54) is 47.7 Å². The zero-order chi connectivity index (χ0) is 45.2. The highest BCUT2D eigenvalue weighted by atomic mass is 32.1. The molecule has 0 amide bonds. The number of hydrogen-bond donors (Lipinski definition) is 1. The fourth-order valence-electron chi connectivity index (χ4n) is 10.7. The van der Waals surface area contributed by atoms with Crippen LogP contribution in [-0.2, 0) is 16.2 Å². The van der Waals surface area contributed by atoms with Crippen molar-refractivity contribution in [3.05, 3.63) is 150 Å². The van der Waals surface area contributed by atoms with E-state index in [-0.39, 0.29) is 16.2 Å². The molecule has 5 heterocycles. The Kier molecular flexibility index (Phi) is 8.05. The monoisotopic (exact) mass is 873 g/mol. The smallest absolute Gasteiger partial charge is 0.198 e. The lowest BCUT2D eigenvalue weighted by Gasteiger charge is -2.25. The van der Waals surface area contributed by atoms with Crippen molar-refractivity contribution in [2.75, 3.05) is 5.32 Å². The van der Waals surface area contributed by atoms with E-state index in [0.29, 0.717) is 0 Å². The number of benzene rings is 8. The summed E-state index contributed by atoms with van der Waals surface area (Å²) in [6.45, 7) is 20.6. The van der Waals surface area contributed by atoms with Crippen LogP contribution in [0.15, 0.2) is 142 Å². The fourth-order valence-corrected chi connectivity index (χ4v) is 11.9. The van der Waals surface area contributed by atoms with Gasteiger partial charge in [0.15, 0.2) is 7.28 Å². The molecule has 0 fully saturated rings. The summed E-state index contributed by atoms with van der Waals surface area (Å²) in [5, 5.41) is 13.3. The molecule has 0 atom stereocenters. The number of furan rings is 2. The number of fused-ring (bicyclic) bond motifs is 15. The summed E-state index contributed by atoms with van der Waals surface area (Å²) in [6, 6.07) is 49.6. The molecule has 66 heavy (non-hydrogen) atoms. The Morgan fingerprint density at radius 3 is 1.91 bits per heavy atom. The van der Waals surface area contributed by atoms with Gasteiger partial charge < -0.3 is 18.7 Å². The van der Waals surface area contributed by atoms with Gasteiger partial charge in [-0.1, -0.05) is 135 Å². The first kappa shape index (κ1) is 39.6. The topological polar surface area (TPSA) is 43.2 Å². The molecule has 4 aromatic heterocycles. The summed E-state index contributed by atoms with van der Waals surface area (Å²) < 4.78 is 18.9. The number of thiophene rings is 1. The minimum atomic E-state index is -0.0531. The van der Waals surface area contributed by atoms with Crippen molar-refractivity contribution in [3.8, 4) is 16.8 Å². The summed E-state index contributed by atoms with van der Waals surface area (Å²) in [6.07, 6.45) is 0. The Balaban J connectivity index is 1.19. The van der Waals surface area contributed by atoms with Crippen molar-refractivity contribution in [2.24, 2.45) is 0 Å². The van der Waals surface area contributed by atoms with Crippen molar-refractivity contribution in [2.45, 2.75) is 78.6 Å². The molecule has 4 nitrogen and oxygen atoms in total. The fraction of sp³-hybridized carbons (Fsp3) is 0.200. The van der Waals surface area contributed by atoms with Gasteiger partial charge in [-0.15, -0.1) is 11.3 Å². The van der Waals surface area contributed by atoms with Crippen LogP contribution in [0.2, 0.25) is 0 Å². The molecule has 0 saturated carbocycles. The summed E-state index contributed by atoms with van der Waals surface area (Å²) in [5.41, 5.74) is 17.7. The van der Waals surface area contributed by atoms with Crippen molar-refractivity contribution < 1.29 is 8.83 Å². The molecule has 12 aromatic rings. The van der Waals surface area contributed by atoms with Gasteiger partial charge in [-0.25, -0.2) is 0 Å². The third-order valence-corrected chi connectivity index (χ3v) is 15.4. The molecule has 321 valence electrons. The third-order valence-electron chi connectivity index (χ3n) is 14.3. The summed E-state index contributed by atoms with van der Waals surface area (Å²) in [5.74, 6) is 0. The van der Waals surface area contributed by atoms with E-state index in [0.717, 1.165) is 93.9 Å². The van der Waals surface area contributed by atoms with Crippen LogP contribution in [0.25, 0.3) is 103 Å². The summed E-state index contributed by atoms with van der Waals surface area (Å²) in [4.78, 5) is 0. The molecule has 0 saturated heterocycles. The van der Waals surface area contributed by atoms with E-state index in [4.69, 9.17) is 8.83 Å². The van der Waals surface area contributed by atoms with Gasteiger partial charge in [0, 0.05) is 69.7 Å². The van der Waals surface area contributed by atoms with Crippen LogP contribution >= 0.6 is 11.3 Å². The quantitative estimate of drug-likeness (QED) is 0.180. The molecule has 1 aliphatic rings. The van der Waals surface area contributed by atoms with Gasteiger partial charge in [-0.05, 0) is 111 Å². The zero-order valence-electron chi connectivity index (χ0n) is 39.0. The van der Waals surface area contributed by atoms with Crippen molar-refractivity contribution in [1.82, 2.24) is 4.57 Å². The predicted octanol–water partition coefficient (Wildman–Crippen LogP) is 16.2. The largest absolute Gasteiger partial charge is 0.456 e. The second-order valence-corrected chi connectivity index (χ2v) is 22.8. The number of anilines is 2. The van der Waals surface area contributed by atoms with E-state index in [2.05, 4.69) is 213 Å². The van der Waals surface area contributed by atoms with Crippen LogP contribution in [0, 0.1) is 0 Å². The Morgan fingerprint density at radius 2 is 1.17 bits per heavy atom. The molecule has 0 aliphatic carbocycles. The van der Waals surface area contributed by atoms with Crippen LogP contribution < -0.4 is 16.2 Å². The van der Waals surface area contributed by atoms with E-state index < -0.39 is 0 Å². The molecule has 6 heteroatoms. The number of nitrogens with one attached hydrogen (secondary N) is 1. The van der Waals surface area contributed by atoms with Crippen LogP contribution in [0.4, 0.5) is 11.4 Å². The van der Waals surface area contributed by atoms with Crippen LogP contribution in [0.5, 0.6) is 0 Å². The molecule has 13 rings (SSSR count). The highest BCUT2D eigenvalue weighted by molar-refractivity contribution is 7.25. The van der Waals surface area contributed by atoms with Crippen molar-refractivity contribution in [1.29, 1.82) is 0 Å². The highest BCUT2D eigenvalue weighted by Crippen LogP contribution is 2.50. The SMILES string of the molecule is CC(C)(C)c1ccc(Nc2cc3sc4cc(C(C)(C)C)ccc4c3cc2-c2c3c4c(c5cc(C(C)(C)C)ccc5n4-c4cc5c(cc4[B]3)oc3ccccc35)c3oc4ccccc4c23)cc1. The summed E-state index contributed by atoms with van der Waals surface area (Å²) in [7, 11) is 2.43. The van der Waals surface area contributed by atoms with Crippen molar-refractivity contribution in [3.63, 3.8) is 0 Å². The maximum Gasteiger partial charge on any atom is 0.198 e.